The summed E-state index contributed by atoms with van der Waals surface area (Å²) in [4.78, 5) is 0. The quantitative estimate of drug-likeness (QED) is 0.899. The molecule has 1 unspecified atom stereocenters. The Morgan fingerprint density at radius 1 is 1.43 bits per heavy atom. The fraction of sp³-hybridized carbons (Fsp3) is 0.455. The maximum atomic E-state index is 5.81. The summed E-state index contributed by atoms with van der Waals surface area (Å²) < 4.78 is 6.36. The minimum Gasteiger partial charge on any atom is -0.381 e. The predicted molar refractivity (Wildman–Crippen MR) is 60.2 cm³/mol. The molecule has 1 saturated heterocycles. The first-order valence-corrected chi connectivity index (χ1v) is 5.64. The van der Waals surface area contributed by atoms with Crippen LogP contribution in [0.3, 0.4) is 0 Å². The van der Waals surface area contributed by atoms with Crippen LogP contribution >= 0.6 is 15.9 Å². The van der Waals surface area contributed by atoms with Crippen LogP contribution in [0.25, 0.3) is 0 Å². The van der Waals surface area contributed by atoms with Crippen LogP contribution in [0.4, 0.5) is 0 Å². The van der Waals surface area contributed by atoms with Crippen molar-refractivity contribution in [2.24, 2.45) is 11.7 Å². The first kappa shape index (κ1) is 10.1. The summed E-state index contributed by atoms with van der Waals surface area (Å²) in [7, 11) is 0. The van der Waals surface area contributed by atoms with Gasteiger partial charge in [-0.2, -0.15) is 0 Å². The van der Waals surface area contributed by atoms with Crippen LogP contribution < -0.4 is 5.73 Å². The van der Waals surface area contributed by atoms with E-state index in [0.29, 0.717) is 18.4 Å². The van der Waals surface area contributed by atoms with Crippen molar-refractivity contribution in [3.05, 3.63) is 34.3 Å². The molecule has 0 aromatic heterocycles. The lowest BCUT2D eigenvalue weighted by molar-refractivity contribution is -0.0438. The van der Waals surface area contributed by atoms with E-state index in [1.165, 1.54) is 5.56 Å². The van der Waals surface area contributed by atoms with E-state index in [1.54, 1.807) is 0 Å². The Bertz CT molecular complexity index is 312. The van der Waals surface area contributed by atoms with E-state index >= 15 is 0 Å². The highest BCUT2D eigenvalue weighted by Crippen LogP contribution is 2.33. The molecule has 1 aliphatic heterocycles. The van der Waals surface area contributed by atoms with Crippen molar-refractivity contribution >= 4 is 15.9 Å². The second-order valence-corrected chi connectivity index (χ2v) is 4.52. The summed E-state index contributed by atoms with van der Waals surface area (Å²) in [5, 5.41) is 0. The molecule has 3 heteroatoms. The molecule has 0 radical (unpaired) electrons. The van der Waals surface area contributed by atoms with Crippen molar-refractivity contribution < 1.29 is 4.74 Å². The highest BCUT2D eigenvalue weighted by atomic mass is 79.9. The van der Waals surface area contributed by atoms with E-state index < -0.39 is 0 Å². The normalized spacial score (nSPS) is 19.0. The average Bonchev–Trinajstić information content (AvgIpc) is 2.12. The topological polar surface area (TPSA) is 35.2 Å². The summed E-state index contributed by atoms with van der Waals surface area (Å²) in [6, 6.07) is 8.29. The van der Waals surface area contributed by atoms with Crippen molar-refractivity contribution in [2.75, 3.05) is 19.8 Å². The van der Waals surface area contributed by atoms with Crippen LogP contribution in [0.1, 0.15) is 11.5 Å². The molecule has 2 nitrogen and oxygen atoms in total. The number of ether oxygens (including phenoxy) is 1. The molecule has 2 rings (SSSR count). The summed E-state index contributed by atoms with van der Waals surface area (Å²) in [5.41, 5.74) is 7.12. The number of nitrogens with two attached hydrogens (primary N) is 1. The molecule has 1 aliphatic rings. The molecule has 14 heavy (non-hydrogen) atoms. The molecule has 1 fully saturated rings. The van der Waals surface area contributed by atoms with Crippen LogP contribution in [0.5, 0.6) is 0 Å². The number of hydrogen-bond donors (Lipinski definition) is 1. The standard InChI is InChI=1S/C11H14BrNO/c12-11-4-2-1-3-9(11)10(5-13)8-6-14-7-8/h1-4,8,10H,5-7,13H2. The van der Waals surface area contributed by atoms with Gasteiger partial charge in [0.25, 0.3) is 0 Å². The summed E-state index contributed by atoms with van der Waals surface area (Å²) in [6.45, 7) is 2.39. The van der Waals surface area contributed by atoms with E-state index in [9.17, 15) is 0 Å². The average molecular weight is 256 g/mol. The molecule has 0 spiro atoms. The van der Waals surface area contributed by atoms with Gasteiger partial charge in [-0.25, -0.2) is 0 Å². The Balaban J connectivity index is 2.22. The zero-order chi connectivity index (χ0) is 9.97. The third-order valence-electron chi connectivity index (χ3n) is 2.79. The maximum Gasteiger partial charge on any atom is 0.0522 e. The number of halogens is 1. The van der Waals surface area contributed by atoms with Crippen LogP contribution in [-0.2, 0) is 4.74 Å². The first-order chi connectivity index (χ1) is 6.83. The van der Waals surface area contributed by atoms with Crippen molar-refractivity contribution in [2.45, 2.75) is 5.92 Å². The molecule has 1 aromatic rings. The van der Waals surface area contributed by atoms with E-state index in [0.717, 1.165) is 17.7 Å². The number of benzene rings is 1. The van der Waals surface area contributed by atoms with Crippen molar-refractivity contribution in [1.82, 2.24) is 0 Å². The van der Waals surface area contributed by atoms with Crippen LogP contribution in [-0.4, -0.2) is 19.8 Å². The second kappa shape index (κ2) is 4.43. The highest BCUT2D eigenvalue weighted by Gasteiger charge is 2.29. The van der Waals surface area contributed by atoms with Crippen molar-refractivity contribution in [3.63, 3.8) is 0 Å². The van der Waals surface area contributed by atoms with Crippen LogP contribution in [0.15, 0.2) is 28.7 Å². The minimum absolute atomic E-state index is 0.430. The van der Waals surface area contributed by atoms with E-state index in [1.807, 2.05) is 6.07 Å². The third kappa shape index (κ3) is 1.85. The van der Waals surface area contributed by atoms with Gasteiger partial charge in [-0.3, -0.25) is 0 Å². The fourth-order valence-electron chi connectivity index (χ4n) is 1.84. The molecule has 1 atom stereocenters. The first-order valence-electron chi connectivity index (χ1n) is 4.85. The molecule has 0 saturated carbocycles. The monoisotopic (exact) mass is 255 g/mol. The lowest BCUT2D eigenvalue weighted by Crippen LogP contribution is -2.36. The van der Waals surface area contributed by atoms with Gasteiger partial charge in [-0.1, -0.05) is 34.1 Å². The fourth-order valence-corrected chi connectivity index (χ4v) is 2.41. The Hall–Kier alpha value is -0.380. The van der Waals surface area contributed by atoms with Gasteiger partial charge in [0.2, 0.25) is 0 Å². The molecule has 1 aromatic carbocycles. The smallest absolute Gasteiger partial charge is 0.0522 e. The zero-order valence-electron chi connectivity index (χ0n) is 7.95. The van der Waals surface area contributed by atoms with Crippen molar-refractivity contribution in [3.8, 4) is 0 Å². The lowest BCUT2D eigenvalue weighted by atomic mass is 9.85. The van der Waals surface area contributed by atoms with E-state index in [2.05, 4.69) is 34.1 Å². The molecule has 2 N–H and O–H groups in total. The van der Waals surface area contributed by atoms with Gasteiger partial charge in [-0.15, -0.1) is 0 Å². The molecular formula is C11H14BrNO. The van der Waals surface area contributed by atoms with Crippen LogP contribution in [0.2, 0.25) is 0 Å². The number of rotatable bonds is 3. The van der Waals surface area contributed by atoms with Gasteiger partial charge in [0, 0.05) is 16.3 Å². The van der Waals surface area contributed by atoms with E-state index in [4.69, 9.17) is 10.5 Å². The Kier molecular flexibility index (Phi) is 3.21. The molecule has 0 amide bonds. The van der Waals surface area contributed by atoms with Gasteiger partial charge < -0.3 is 10.5 Å². The Morgan fingerprint density at radius 3 is 2.64 bits per heavy atom. The Labute approximate surface area is 92.6 Å². The van der Waals surface area contributed by atoms with Gasteiger partial charge in [0.05, 0.1) is 13.2 Å². The minimum atomic E-state index is 0.430. The molecule has 76 valence electrons. The van der Waals surface area contributed by atoms with Gasteiger partial charge in [0.15, 0.2) is 0 Å². The summed E-state index contributed by atoms with van der Waals surface area (Å²) in [6.07, 6.45) is 0. The van der Waals surface area contributed by atoms with Gasteiger partial charge >= 0.3 is 0 Å². The van der Waals surface area contributed by atoms with Crippen LogP contribution in [0, 0.1) is 5.92 Å². The maximum absolute atomic E-state index is 5.81. The summed E-state index contributed by atoms with van der Waals surface area (Å²) in [5.74, 6) is 1.03. The van der Waals surface area contributed by atoms with Crippen molar-refractivity contribution in [1.29, 1.82) is 0 Å². The third-order valence-corrected chi connectivity index (χ3v) is 3.51. The molecule has 0 aliphatic carbocycles. The predicted octanol–water partition coefficient (Wildman–Crippen LogP) is 2.14. The molecular weight excluding hydrogens is 242 g/mol. The zero-order valence-corrected chi connectivity index (χ0v) is 9.53. The molecule has 1 heterocycles. The van der Waals surface area contributed by atoms with Gasteiger partial charge in [-0.05, 0) is 18.2 Å². The molecule has 0 bridgehead atoms. The lowest BCUT2D eigenvalue weighted by Gasteiger charge is -2.33. The van der Waals surface area contributed by atoms with Gasteiger partial charge in [0.1, 0.15) is 0 Å². The SMILES string of the molecule is NCC(c1ccccc1Br)C1COC1. The summed E-state index contributed by atoms with van der Waals surface area (Å²) >= 11 is 3.56. The largest absolute Gasteiger partial charge is 0.381 e. The Morgan fingerprint density at radius 2 is 2.14 bits per heavy atom. The number of hydrogen-bond acceptors (Lipinski definition) is 2. The highest BCUT2D eigenvalue weighted by molar-refractivity contribution is 9.10. The second-order valence-electron chi connectivity index (χ2n) is 3.66. The van der Waals surface area contributed by atoms with E-state index in [-0.39, 0.29) is 0 Å².